The summed E-state index contributed by atoms with van der Waals surface area (Å²) in [5.41, 5.74) is -0.730. The molecule has 8 heteroatoms. The molecule has 1 rings (SSSR count). The number of imidazole rings is 1. The Hall–Kier alpha value is -1.44. The van der Waals surface area contributed by atoms with E-state index in [1.54, 1.807) is 20.8 Å². The van der Waals surface area contributed by atoms with Crippen molar-refractivity contribution >= 4 is 16.3 Å². The minimum Gasteiger partial charge on any atom is -0.443 e. The van der Waals surface area contributed by atoms with Crippen molar-refractivity contribution in [2.75, 3.05) is 0 Å². The molecule has 0 unspecified atom stereocenters. The van der Waals surface area contributed by atoms with Crippen molar-refractivity contribution in [3.63, 3.8) is 0 Å². The van der Waals surface area contributed by atoms with E-state index in [2.05, 4.69) is 4.98 Å². The Kier molecular flexibility index (Phi) is 3.56. The Balaban J connectivity index is 2.78. The predicted octanol–water partition coefficient (Wildman–Crippen LogP) is 1.47. The molecule has 0 saturated heterocycles. The van der Waals surface area contributed by atoms with Crippen LogP contribution in [0, 0.1) is 0 Å². The average molecular weight is 264 g/mol. The van der Waals surface area contributed by atoms with Gasteiger partial charge >= 0.3 is 16.3 Å². The Bertz CT molecular complexity index is 515. The first-order valence-electron chi connectivity index (χ1n) is 4.75. The number of rotatable bonds is 2. The first kappa shape index (κ1) is 13.6. The number of ether oxygens (including phenoxy) is 1. The van der Waals surface area contributed by atoms with Crippen molar-refractivity contribution in [2.45, 2.75) is 32.1 Å². The van der Waals surface area contributed by atoms with E-state index in [0.29, 0.717) is 0 Å². The lowest BCUT2D eigenvalue weighted by Crippen LogP contribution is -2.26. The molecule has 1 aromatic heterocycles. The fourth-order valence-corrected chi connectivity index (χ4v) is 1.53. The molecule has 0 aliphatic rings. The van der Waals surface area contributed by atoms with E-state index in [9.17, 15) is 17.1 Å². The first-order valence-corrected chi connectivity index (χ1v) is 6.31. The molecule has 96 valence electrons. The highest BCUT2D eigenvalue weighted by Crippen LogP contribution is 2.10. The highest BCUT2D eigenvalue weighted by atomic mass is 32.3. The third-order valence-electron chi connectivity index (χ3n) is 1.56. The number of hydrogen-bond acceptors (Lipinski definition) is 5. The van der Waals surface area contributed by atoms with Crippen molar-refractivity contribution in [3.05, 3.63) is 18.2 Å². The van der Waals surface area contributed by atoms with Crippen LogP contribution in [-0.4, -0.2) is 29.7 Å². The third kappa shape index (κ3) is 4.94. The Morgan fingerprint density at radius 2 is 2.12 bits per heavy atom. The Morgan fingerprint density at radius 3 is 2.59 bits per heavy atom. The minimum absolute atomic E-state index is 0.0571. The van der Waals surface area contributed by atoms with E-state index in [1.807, 2.05) is 0 Å². The van der Waals surface area contributed by atoms with Crippen LogP contribution in [0.25, 0.3) is 0 Å². The Morgan fingerprint density at radius 1 is 1.53 bits per heavy atom. The third-order valence-corrected chi connectivity index (χ3v) is 2.20. The van der Waals surface area contributed by atoms with Crippen molar-refractivity contribution in [2.24, 2.45) is 0 Å². The van der Waals surface area contributed by atoms with Gasteiger partial charge in [0, 0.05) is 6.20 Å². The van der Waals surface area contributed by atoms with Crippen LogP contribution in [0.2, 0.25) is 0 Å². The summed E-state index contributed by atoms with van der Waals surface area (Å²) >= 11 is 0. The van der Waals surface area contributed by atoms with Gasteiger partial charge in [0.1, 0.15) is 17.7 Å². The summed E-state index contributed by atoms with van der Waals surface area (Å²) in [4.78, 5) is 15.1. The molecule has 0 fully saturated rings. The molecule has 0 atom stereocenters. The number of carbonyl (C=O) groups is 1. The molecule has 0 saturated carbocycles. The molecular weight excluding hydrogens is 251 g/mol. The fraction of sp³-hybridized carbons (Fsp3) is 0.556. The summed E-state index contributed by atoms with van der Waals surface area (Å²) in [6.07, 6.45) is 1.49. The second-order valence-electron chi connectivity index (χ2n) is 4.44. The number of halogens is 1. The molecule has 0 radical (unpaired) electrons. The molecule has 0 spiro atoms. The highest BCUT2D eigenvalue weighted by molar-refractivity contribution is 7.85. The van der Waals surface area contributed by atoms with Gasteiger partial charge in [-0.25, -0.2) is 14.3 Å². The van der Waals surface area contributed by atoms with Gasteiger partial charge in [-0.3, -0.25) is 0 Å². The van der Waals surface area contributed by atoms with Gasteiger partial charge in [-0.1, -0.05) is 0 Å². The van der Waals surface area contributed by atoms with Gasteiger partial charge in [0.2, 0.25) is 0 Å². The van der Waals surface area contributed by atoms with Crippen LogP contribution in [0.15, 0.2) is 12.5 Å². The van der Waals surface area contributed by atoms with E-state index in [4.69, 9.17) is 4.74 Å². The molecule has 6 nitrogen and oxygen atoms in total. The summed E-state index contributed by atoms with van der Waals surface area (Å²) in [6, 6.07) is 0. The van der Waals surface area contributed by atoms with Crippen molar-refractivity contribution in [3.8, 4) is 0 Å². The SMILES string of the molecule is CC(C)(C)OC(=O)n1cnc(CS(=O)(=O)F)c1. The molecule has 1 heterocycles. The molecule has 0 aliphatic heterocycles. The second-order valence-corrected chi connectivity index (χ2v) is 5.80. The number of carbonyl (C=O) groups excluding carboxylic acids is 1. The molecule has 1 aromatic rings. The zero-order chi connectivity index (χ0) is 13.3. The largest absolute Gasteiger partial charge is 0.443 e. The molecule has 0 N–H and O–H groups in total. The fourth-order valence-electron chi connectivity index (χ4n) is 1.03. The van der Waals surface area contributed by atoms with Crippen LogP contribution in [0.5, 0.6) is 0 Å². The standard InChI is InChI=1S/C9H13FN2O4S/c1-9(2,3)16-8(13)12-4-7(11-6-12)5-17(10,14)15/h4,6H,5H2,1-3H3. The predicted molar refractivity (Wildman–Crippen MR) is 57.6 cm³/mol. The molecule has 0 bridgehead atoms. The summed E-state index contributed by atoms with van der Waals surface area (Å²) in [5, 5.41) is 0. The van der Waals surface area contributed by atoms with Crippen LogP contribution >= 0.6 is 0 Å². The van der Waals surface area contributed by atoms with E-state index < -0.39 is 27.7 Å². The molecule has 0 aliphatic carbocycles. The van der Waals surface area contributed by atoms with Crippen LogP contribution in [0.1, 0.15) is 26.5 Å². The molecular formula is C9H13FN2O4S. The van der Waals surface area contributed by atoms with Crippen LogP contribution < -0.4 is 0 Å². The highest BCUT2D eigenvalue weighted by Gasteiger charge is 2.19. The topological polar surface area (TPSA) is 78.3 Å². The van der Waals surface area contributed by atoms with Gasteiger partial charge in [0.15, 0.2) is 0 Å². The molecule has 0 amide bonds. The summed E-state index contributed by atoms with van der Waals surface area (Å²) in [5.74, 6) is -0.858. The van der Waals surface area contributed by atoms with Gasteiger partial charge in [0.05, 0.1) is 5.69 Å². The maximum Gasteiger partial charge on any atom is 0.419 e. The number of hydrogen-bond donors (Lipinski definition) is 0. The zero-order valence-corrected chi connectivity index (χ0v) is 10.5. The van der Waals surface area contributed by atoms with E-state index in [-0.39, 0.29) is 5.69 Å². The molecule has 17 heavy (non-hydrogen) atoms. The maximum absolute atomic E-state index is 12.4. The Labute approximate surface area is 98.6 Å². The van der Waals surface area contributed by atoms with Crippen molar-refractivity contribution in [1.82, 2.24) is 9.55 Å². The minimum atomic E-state index is -4.65. The van der Waals surface area contributed by atoms with Crippen LogP contribution in [0.4, 0.5) is 8.68 Å². The number of aromatic nitrogens is 2. The quantitative estimate of drug-likeness (QED) is 0.756. The van der Waals surface area contributed by atoms with E-state index in [0.717, 1.165) is 17.1 Å². The average Bonchev–Trinajstić information content (AvgIpc) is 2.45. The lowest BCUT2D eigenvalue weighted by Gasteiger charge is -2.19. The number of nitrogens with zero attached hydrogens (tertiary/aromatic N) is 2. The first-order chi connectivity index (χ1) is 7.57. The van der Waals surface area contributed by atoms with Crippen molar-refractivity contribution < 1.29 is 21.8 Å². The normalized spacial score (nSPS) is 12.5. The summed E-state index contributed by atoms with van der Waals surface area (Å²) < 4.78 is 39.1. The van der Waals surface area contributed by atoms with E-state index in [1.165, 1.54) is 0 Å². The smallest absolute Gasteiger partial charge is 0.419 e. The lowest BCUT2D eigenvalue weighted by atomic mass is 10.2. The van der Waals surface area contributed by atoms with E-state index >= 15 is 0 Å². The summed E-state index contributed by atoms with van der Waals surface area (Å²) in [7, 11) is -4.65. The molecule has 0 aromatic carbocycles. The monoisotopic (exact) mass is 264 g/mol. The van der Waals surface area contributed by atoms with Crippen LogP contribution in [0.3, 0.4) is 0 Å². The lowest BCUT2D eigenvalue weighted by molar-refractivity contribution is 0.0536. The van der Waals surface area contributed by atoms with Gasteiger partial charge in [-0.2, -0.15) is 8.42 Å². The van der Waals surface area contributed by atoms with Gasteiger partial charge in [-0.05, 0) is 20.8 Å². The van der Waals surface area contributed by atoms with Gasteiger partial charge in [-0.15, -0.1) is 3.89 Å². The summed E-state index contributed by atoms with van der Waals surface area (Å²) in [6.45, 7) is 5.07. The zero-order valence-electron chi connectivity index (χ0n) is 9.68. The van der Waals surface area contributed by atoms with Crippen LogP contribution in [-0.2, 0) is 20.7 Å². The maximum atomic E-state index is 12.4. The van der Waals surface area contributed by atoms with Gasteiger partial charge < -0.3 is 4.74 Å². The second kappa shape index (κ2) is 4.44. The van der Waals surface area contributed by atoms with Gasteiger partial charge in [0.25, 0.3) is 0 Å². The van der Waals surface area contributed by atoms with Crippen molar-refractivity contribution in [1.29, 1.82) is 0 Å².